The first-order valence-corrected chi connectivity index (χ1v) is 9.95. The molecule has 1 fully saturated rings. The molecular weight excluding hydrogens is 312 g/mol. The summed E-state index contributed by atoms with van der Waals surface area (Å²) in [5.41, 5.74) is 6.42. The van der Waals surface area contributed by atoms with E-state index in [-0.39, 0.29) is 5.92 Å². The van der Waals surface area contributed by atoms with Gasteiger partial charge in [-0.1, -0.05) is 19.8 Å². The van der Waals surface area contributed by atoms with Crippen molar-refractivity contribution in [3.8, 4) is 5.75 Å². The van der Waals surface area contributed by atoms with Crippen LogP contribution in [0.3, 0.4) is 0 Å². The summed E-state index contributed by atoms with van der Waals surface area (Å²) in [7, 11) is -3.58. The van der Waals surface area contributed by atoms with Crippen molar-refractivity contribution < 1.29 is 13.2 Å². The quantitative estimate of drug-likeness (QED) is 0.882. The first-order chi connectivity index (χ1) is 11.0. The van der Waals surface area contributed by atoms with Gasteiger partial charge in [-0.3, -0.25) is 0 Å². The van der Waals surface area contributed by atoms with Crippen LogP contribution >= 0.6 is 0 Å². The molecule has 23 heavy (non-hydrogen) atoms. The molecule has 2 unspecified atom stereocenters. The van der Waals surface area contributed by atoms with Crippen LogP contribution in [0.4, 0.5) is 0 Å². The minimum absolute atomic E-state index is 0.247. The number of nitrogens with one attached hydrogen (secondary N) is 1. The van der Waals surface area contributed by atoms with E-state index in [9.17, 15) is 8.42 Å². The summed E-state index contributed by atoms with van der Waals surface area (Å²) in [5, 5.41) is 0. The molecule has 128 valence electrons. The number of ether oxygens (including phenoxy) is 1. The van der Waals surface area contributed by atoms with Crippen molar-refractivity contribution in [1.29, 1.82) is 0 Å². The normalized spacial score (nSPS) is 28.0. The van der Waals surface area contributed by atoms with Gasteiger partial charge in [-0.25, -0.2) is 13.1 Å². The van der Waals surface area contributed by atoms with Crippen LogP contribution < -0.4 is 15.2 Å². The monoisotopic (exact) mass is 338 g/mol. The van der Waals surface area contributed by atoms with Crippen LogP contribution in [0.2, 0.25) is 0 Å². The van der Waals surface area contributed by atoms with E-state index in [2.05, 4.69) is 11.6 Å². The highest BCUT2D eigenvalue weighted by molar-refractivity contribution is 7.89. The van der Waals surface area contributed by atoms with Crippen LogP contribution in [-0.2, 0) is 16.4 Å². The molecule has 2 atom stereocenters. The standard InChI is InChI=1S/C17H26N2O3S/c1-13-5-2-3-9-17(13,12-18)19-23(20,21)15-7-8-16-14(11-15)6-4-10-22-16/h7-8,11,13,19H,2-6,9-10,12,18H2,1H3. The molecule has 1 aliphatic carbocycles. The van der Waals surface area contributed by atoms with E-state index < -0.39 is 15.6 Å². The van der Waals surface area contributed by atoms with Crippen molar-refractivity contribution in [3.63, 3.8) is 0 Å². The molecule has 1 saturated carbocycles. The van der Waals surface area contributed by atoms with E-state index in [4.69, 9.17) is 10.5 Å². The minimum Gasteiger partial charge on any atom is -0.493 e. The molecule has 0 bridgehead atoms. The number of aryl methyl sites for hydroxylation is 1. The van der Waals surface area contributed by atoms with Crippen LogP contribution in [0, 0.1) is 5.92 Å². The molecule has 1 aromatic rings. The zero-order chi connectivity index (χ0) is 16.5. The lowest BCUT2D eigenvalue weighted by molar-refractivity contribution is 0.191. The zero-order valence-electron chi connectivity index (χ0n) is 13.7. The first kappa shape index (κ1) is 16.7. The highest BCUT2D eigenvalue weighted by atomic mass is 32.2. The number of benzene rings is 1. The maximum atomic E-state index is 12.9. The molecule has 3 rings (SSSR count). The topological polar surface area (TPSA) is 81.4 Å². The van der Waals surface area contributed by atoms with E-state index >= 15 is 0 Å². The molecule has 0 aromatic heterocycles. The van der Waals surface area contributed by atoms with Crippen LogP contribution in [0.25, 0.3) is 0 Å². The Morgan fingerprint density at radius 3 is 2.91 bits per heavy atom. The second-order valence-corrected chi connectivity index (χ2v) is 8.52. The number of rotatable bonds is 4. The van der Waals surface area contributed by atoms with Gasteiger partial charge in [-0.2, -0.15) is 0 Å². The van der Waals surface area contributed by atoms with Crippen LogP contribution in [0.5, 0.6) is 5.75 Å². The Hall–Kier alpha value is -1.11. The molecule has 2 aliphatic rings. The predicted molar refractivity (Wildman–Crippen MR) is 90.0 cm³/mol. The van der Waals surface area contributed by atoms with E-state index in [0.717, 1.165) is 49.8 Å². The number of fused-ring (bicyclic) bond motifs is 1. The van der Waals surface area contributed by atoms with Gasteiger partial charge in [0.25, 0.3) is 0 Å². The predicted octanol–water partition coefficient (Wildman–Crippen LogP) is 2.20. The SMILES string of the molecule is CC1CCCCC1(CN)NS(=O)(=O)c1ccc2c(c1)CCCO2. The van der Waals surface area contributed by atoms with Crippen molar-refractivity contribution in [2.75, 3.05) is 13.2 Å². The molecule has 5 nitrogen and oxygen atoms in total. The molecule has 0 saturated heterocycles. The van der Waals surface area contributed by atoms with Gasteiger partial charge in [0.05, 0.1) is 11.5 Å². The van der Waals surface area contributed by atoms with Crippen molar-refractivity contribution in [1.82, 2.24) is 4.72 Å². The third-order valence-corrected chi connectivity index (χ3v) is 6.90. The van der Waals surface area contributed by atoms with E-state index in [1.807, 2.05) is 0 Å². The minimum atomic E-state index is -3.58. The Labute approximate surface area is 138 Å². The Kier molecular flexibility index (Phi) is 4.67. The maximum Gasteiger partial charge on any atom is 0.241 e. The van der Waals surface area contributed by atoms with E-state index in [1.54, 1.807) is 18.2 Å². The van der Waals surface area contributed by atoms with Crippen LogP contribution in [0.1, 0.15) is 44.6 Å². The van der Waals surface area contributed by atoms with Gasteiger partial charge in [-0.15, -0.1) is 0 Å². The molecular formula is C17H26N2O3S. The lowest BCUT2D eigenvalue weighted by Crippen LogP contribution is -2.58. The van der Waals surface area contributed by atoms with Gasteiger partial charge in [0.15, 0.2) is 0 Å². The molecule has 0 radical (unpaired) electrons. The second kappa shape index (κ2) is 6.42. The van der Waals surface area contributed by atoms with Crippen LogP contribution in [-0.4, -0.2) is 27.1 Å². The van der Waals surface area contributed by atoms with Crippen molar-refractivity contribution in [2.24, 2.45) is 11.7 Å². The summed E-state index contributed by atoms with van der Waals surface area (Å²) >= 11 is 0. The molecule has 1 aromatic carbocycles. The van der Waals surface area contributed by atoms with Gasteiger partial charge < -0.3 is 10.5 Å². The van der Waals surface area contributed by atoms with Gasteiger partial charge in [0.2, 0.25) is 10.0 Å². The van der Waals surface area contributed by atoms with Crippen molar-refractivity contribution in [3.05, 3.63) is 23.8 Å². The maximum absolute atomic E-state index is 12.9. The smallest absolute Gasteiger partial charge is 0.241 e. The summed E-state index contributed by atoms with van der Waals surface area (Å²) in [6.07, 6.45) is 5.75. The average Bonchev–Trinajstić information content (AvgIpc) is 2.56. The highest BCUT2D eigenvalue weighted by Crippen LogP contribution is 2.35. The Balaban J connectivity index is 1.89. The summed E-state index contributed by atoms with van der Waals surface area (Å²) < 4.78 is 34.3. The lowest BCUT2D eigenvalue weighted by Gasteiger charge is -2.42. The van der Waals surface area contributed by atoms with Gasteiger partial charge in [-0.05, 0) is 55.4 Å². The summed E-state index contributed by atoms with van der Waals surface area (Å²) in [4.78, 5) is 0.312. The Morgan fingerprint density at radius 2 is 2.17 bits per heavy atom. The number of sulfonamides is 1. The van der Waals surface area contributed by atoms with Crippen LogP contribution in [0.15, 0.2) is 23.1 Å². The third kappa shape index (κ3) is 3.25. The third-order valence-electron chi connectivity index (χ3n) is 5.35. The van der Waals surface area contributed by atoms with Gasteiger partial charge in [0, 0.05) is 12.1 Å². The van der Waals surface area contributed by atoms with Gasteiger partial charge in [0.1, 0.15) is 5.75 Å². The second-order valence-electron chi connectivity index (χ2n) is 6.83. The largest absolute Gasteiger partial charge is 0.493 e. The van der Waals surface area contributed by atoms with Gasteiger partial charge >= 0.3 is 0 Å². The fourth-order valence-electron chi connectivity index (χ4n) is 3.74. The summed E-state index contributed by atoms with van der Waals surface area (Å²) in [6, 6.07) is 5.14. The molecule has 0 amide bonds. The fraction of sp³-hybridized carbons (Fsp3) is 0.647. The lowest BCUT2D eigenvalue weighted by atomic mass is 9.74. The fourth-order valence-corrected chi connectivity index (χ4v) is 5.32. The number of nitrogens with two attached hydrogens (primary N) is 1. The Bertz CT molecular complexity index is 674. The highest BCUT2D eigenvalue weighted by Gasteiger charge is 2.40. The summed E-state index contributed by atoms with van der Waals surface area (Å²) in [5.74, 6) is 1.05. The summed E-state index contributed by atoms with van der Waals surface area (Å²) in [6.45, 7) is 3.13. The number of hydrogen-bond donors (Lipinski definition) is 2. The molecule has 6 heteroatoms. The van der Waals surface area contributed by atoms with Crippen molar-refractivity contribution in [2.45, 2.75) is 55.9 Å². The first-order valence-electron chi connectivity index (χ1n) is 8.47. The van der Waals surface area contributed by atoms with E-state index in [1.165, 1.54) is 0 Å². The van der Waals surface area contributed by atoms with Crippen molar-refractivity contribution >= 4 is 10.0 Å². The molecule has 1 aliphatic heterocycles. The zero-order valence-corrected chi connectivity index (χ0v) is 14.5. The molecule has 1 heterocycles. The average molecular weight is 338 g/mol. The molecule has 3 N–H and O–H groups in total. The number of hydrogen-bond acceptors (Lipinski definition) is 4. The Morgan fingerprint density at radius 1 is 1.35 bits per heavy atom. The molecule has 0 spiro atoms. The van der Waals surface area contributed by atoms with E-state index in [0.29, 0.717) is 18.0 Å².